The van der Waals surface area contributed by atoms with Crippen molar-refractivity contribution in [1.82, 2.24) is 0 Å². The highest BCUT2D eigenvalue weighted by Gasteiger charge is 2.24. The largest absolute Gasteiger partial charge is 0.486 e. The second kappa shape index (κ2) is 8.32. The third kappa shape index (κ3) is 5.95. The van der Waals surface area contributed by atoms with Crippen LogP contribution in [0.1, 0.15) is 33.1 Å². The van der Waals surface area contributed by atoms with Crippen LogP contribution in [0.2, 0.25) is 0 Å². The predicted molar refractivity (Wildman–Crippen MR) is 89.1 cm³/mol. The number of hydrogen-bond acceptors (Lipinski definition) is 6. The van der Waals surface area contributed by atoms with Crippen LogP contribution in [-0.4, -0.2) is 44.1 Å². The summed E-state index contributed by atoms with van der Waals surface area (Å²) in [6.45, 7) is 5.03. The molecular formula is C15H24O6S2. The molecule has 1 aromatic rings. The van der Waals surface area contributed by atoms with Gasteiger partial charge in [0, 0.05) is 17.4 Å². The van der Waals surface area contributed by atoms with Crippen LogP contribution in [0.3, 0.4) is 0 Å². The van der Waals surface area contributed by atoms with Crippen molar-refractivity contribution in [3.63, 3.8) is 0 Å². The van der Waals surface area contributed by atoms with Crippen molar-refractivity contribution in [2.24, 2.45) is 5.92 Å². The van der Waals surface area contributed by atoms with Gasteiger partial charge in [0.25, 0.3) is 10.1 Å². The Morgan fingerprint density at radius 1 is 1.22 bits per heavy atom. The van der Waals surface area contributed by atoms with Crippen molar-refractivity contribution in [2.45, 2.75) is 44.5 Å². The van der Waals surface area contributed by atoms with Gasteiger partial charge in [-0.25, -0.2) is 0 Å². The summed E-state index contributed by atoms with van der Waals surface area (Å²) in [5.41, 5.74) is 0. The minimum atomic E-state index is -4.05. The summed E-state index contributed by atoms with van der Waals surface area (Å²) in [4.78, 5) is 0. The van der Waals surface area contributed by atoms with Gasteiger partial charge in [0.2, 0.25) is 0 Å². The van der Waals surface area contributed by atoms with Gasteiger partial charge in [0.05, 0.1) is 5.25 Å². The van der Waals surface area contributed by atoms with E-state index in [1.54, 1.807) is 0 Å². The lowest BCUT2D eigenvalue weighted by molar-refractivity contribution is 0.00114. The second-order valence-electron chi connectivity index (χ2n) is 6.11. The summed E-state index contributed by atoms with van der Waals surface area (Å²) >= 11 is 1.51. The quantitative estimate of drug-likeness (QED) is 0.714. The molecule has 2 heterocycles. The number of thiophene rings is 1. The van der Waals surface area contributed by atoms with Crippen LogP contribution in [0, 0.1) is 5.92 Å². The number of ether oxygens (including phenoxy) is 3. The molecular weight excluding hydrogens is 340 g/mol. The van der Waals surface area contributed by atoms with E-state index >= 15 is 0 Å². The standard InChI is InChI=1S/C15H24O6S2/c1-11(2)3-4-13(23(16,17)18)5-6-19-12-7-20-14-9-22-10-15(14)21-8-12/h9-13H,3-8H2,1-2H3,(H,16,17,18). The highest BCUT2D eigenvalue weighted by atomic mass is 32.2. The third-order valence-corrected chi connectivity index (χ3v) is 5.74. The van der Waals surface area contributed by atoms with Crippen molar-refractivity contribution in [1.29, 1.82) is 0 Å². The van der Waals surface area contributed by atoms with E-state index in [1.165, 1.54) is 11.3 Å². The lowest BCUT2D eigenvalue weighted by Gasteiger charge is -2.18. The molecule has 0 fully saturated rings. The molecule has 1 aliphatic rings. The first-order valence-corrected chi connectivity index (χ1v) is 10.2. The molecule has 0 saturated carbocycles. The average Bonchev–Trinajstić information content (AvgIpc) is 2.82. The zero-order valence-corrected chi connectivity index (χ0v) is 15.1. The first-order chi connectivity index (χ1) is 10.9. The van der Waals surface area contributed by atoms with E-state index in [0.29, 0.717) is 37.1 Å². The van der Waals surface area contributed by atoms with E-state index < -0.39 is 15.4 Å². The van der Waals surface area contributed by atoms with Gasteiger partial charge in [-0.2, -0.15) is 8.42 Å². The van der Waals surface area contributed by atoms with Crippen LogP contribution < -0.4 is 9.47 Å². The molecule has 2 rings (SSSR count). The van der Waals surface area contributed by atoms with Crippen molar-refractivity contribution in [2.75, 3.05) is 19.8 Å². The zero-order valence-electron chi connectivity index (χ0n) is 13.4. The summed E-state index contributed by atoms with van der Waals surface area (Å²) in [5.74, 6) is 1.82. The zero-order chi connectivity index (χ0) is 16.9. The SMILES string of the molecule is CC(C)CCC(CCOC1COc2cscc2OC1)S(=O)(=O)O. The Bertz CT molecular complexity index is 558. The minimum absolute atomic E-state index is 0.243. The van der Waals surface area contributed by atoms with E-state index in [4.69, 9.17) is 14.2 Å². The molecule has 0 aliphatic carbocycles. The topological polar surface area (TPSA) is 82.1 Å². The van der Waals surface area contributed by atoms with Crippen LogP contribution in [0.4, 0.5) is 0 Å². The summed E-state index contributed by atoms with van der Waals surface area (Å²) < 4.78 is 49.1. The highest BCUT2D eigenvalue weighted by molar-refractivity contribution is 7.86. The fourth-order valence-corrected chi connectivity index (χ4v) is 3.83. The monoisotopic (exact) mass is 364 g/mol. The highest BCUT2D eigenvalue weighted by Crippen LogP contribution is 2.33. The van der Waals surface area contributed by atoms with E-state index in [-0.39, 0.29) is 19.1 Å². The fraction of sp³-hybridized carbons (Fsp3) is 0.733. The Morgan fingerprint density at radius 3 is 2.35 bits per heavy atom. The Kier molecular flexibility index (Phi) is 6.70. The van der Waals surface area contributed by atoms with Crippen molar-refractivity contribution in [3.05, 3.63) is 10.8 Å². The van der Waals surface area contributed by atoms with Crippen LogP contribution >= 0.6 is 11.3 Å². The molecule has 0 bridgehead atoms. The maximum atomic E-state index is 11.4. The molecule has 0 spiro atoms. The Morgan fingerprint density at radius 2 is 1.83 bits per heavy atom. The van der Waals surface area contributed by atoms with E-state index in [1.807, 2.05) is 24.6 Å². The van der Waals surface area contributed by atoms with Gasteiger partial charge < -0.3 is 14.2 Å². The molecule has 8 heteroatoms. The lowest BCUT2D eigenvalue weighted by Crippen LogP contribution is -2.29. The van der Waals surface area contributed by atoms with Crippen LogP contribution in [0.25, 0.3) is 0 Å². The summed E-state index contributed by atoms with van der Waals surface area (Å²) in [6, 6.07) is 0. The van der Waals surface area contributed by atoms with Crippen molar-refractivity contribution in [3.8, 4) is 11.5 Å². The maximum absolute atomic E-state index is 11.4. The van der Waals surface area contributed by atoms with Gasteiger partial charge >= 0.3 is 0 Å². The van der Waals surface area contributed by atoms with E-state index in [2.05, 4.69) is 0 Å². The molecule has 1 atom stereocenters. The van der Waals surface area contributed by atoms with E-state index in [9.17, 15) is 13.0 Å². The third-order valence-electron chi connectivity index (χ3n) is 3.72. The van der Waals surface area contributed by atoms with Gasteiger partial charge in [-0.1, -0.05) is 13.8 Å². The first kappa shape index (κ1) is 18.5. The Labute approximate surface area is 141 Å². The minimum Gasteiger partial charge on any atom is -0.486 e. The molecule has 0 amide bonds. The molecule has 0 saturated heterocycles. The van der Waals surface area contributed by atoms with Crippen molar-refractivity contribution < 1.29 is 27.2 Å². The fourth-order valence-electron chi connectivity index (χ4n) is 2.32. The Balaban J connectivity index is 1.77. The molecule has 1 unspecified atom stereocenters. The van der Waals surface area contributed by atoms with Gasteiger partial charge in [-0.3, -0.25) is 4.55 Å². The molecule has 1 aliphatic heterocycles. The number of fused-ring (bicyclic) bond motifs is 1. The molecule has 0 radical (unpaired) electrons. The number of rotatable bonds is 8. The summed E-state index contributed by atoms with van der Waals surface area (Å²) in [7, 11) is -4.05. The van der Waals surface area contributed by atoms with Gasteiger partial charge in [0.15, 0.2) is 11.5 Å². The normalized spacial score (nSPS) is 17.2. The van der Waals surface area contributed by atoms with Crippen LogP contribution in [0.5, 0.6) is 11.5 Å². The maximum Gasteiger partial charge on any atom is 0.267 e. The average molecular weight is 364 g/mol. The van der Waals surface area contributed by atoms with Gasteiger partial charge in [-0.05, 0) is 25.2 Å². The van der Waals surface area contributed by atoms with Crippen LogP contribution in [-0.2, 0) is 14.9 Å². The second-order valence-corrected chi connectivity index (χ2v) is 8.55. The summed E-state index contributed by atoms with van der Waals surface area (Å²) in [5, 5.41) is 2.97. The lowest BCUT2D eigenvalue weighted by atomic mass is 10.1. The number of hydrogen-bond donors (Lipinski definition) is 1. The van der Waals surface area contributed by atoms with Gasteiger partial charge in [0.1, 0.15) is 19.3 Å². The predicted octanol–water partition coefficient (Wildman–Crippen LogP) is 2.99. The Hall–Kier alpha value is -0.830. The molecule has 1 N–H and O–H groups in total. The smallest absolute Gasteiger partial charge is 0.267 e. The van der Waals surface area contributed by atoms with Gasteiger partial charge in [-0.15, -0.1) is 11.3 Å². The summed E-state index contributed by atoms with van der Waals surface area (Å²) in [6.07, 6.45) is 1.21. The molecule has 1 aromatic heterocycles. The van der Waals surface area contributed by atoms with E-state index in [0.717, 1.165) is 6.42 Å². The van der Waals surface area contributed by atoms with Crippen LogP contribution in [0.15, 0.2) is 10.8 Å². The molecule has 132 valence electrons. The molecule has 6 nitrogen and oxygen atoms in total. The molecule has 23 heavy (non-hydrogen) atoms. The molecule has 0 aromatic carbocycles. The first-order valence-electron chi connectivity index (χ1n) is 7.76. The van der Waals surface area contributed by atoms with Crippen molar-refractivity contribution >= 4 is 21.5 Å².